The maximum Gasteiger partial charge on any atom is 0.248 e. The molecule has 1 atom stereocenters. The van der Waals surface area contributed by atoms with Crippen LogP contribution in [0.3, 0.4) is 0 Å². The normalized spacial score (nSPS) is 13.0. The second-order valence-electron chi connectivity index (χ2n) is 4.19. The van der Waals surface area contributed by atoms with Gasteiger partial charge in [-0.3, -0.25) is 4.79 Å². The molecule has 1 amide bonds. The Hall–Kier alpha value is -1.56. The molecule has 0 fully saturated rings. The molecule has 100 valence electrons. The quantitative estimate of drug-likeness (QED) is 0.807. The number of rotatable bonds is 6. The number of nitrogens with two attached hydrogens (primary N) is 1. The molecule has 5 nitrogen and oxygen atoms in total. The summed E-state index contributed by atoms with van der Waals surface area (Å²) < 4.78 is 22.9. The maximum atomic E-state index is 11.4. The minimum Gasteiger partial charge on any atom is -0.382 e. The number of amides is 1. The number of hydrogen-bond donors (Lipinski definition) is 2. The van der Waals surface area contributed by atoms with E-state index in [0.29, 0.717) is 5.56 Å². The van der Waals surface area contributed by atoms with Crippen LogP contribution < -0.4 is 11.1 Å². The molecule has 0 aliphatic heterocycles. The van der Waals surface area contributed by atoms with E-state index in [2.05, 4.69) is 5.32 Å². The van der Waals surface area contributed by atoms with Crippen LogP contribution in [0.4, 0.5) is 5.69 Å². The molecule has 1 aromatic carbocycles. The van der Waals surface area contributed by atoms with Crippen molar-refractivity contribution >= 4 is 21.4 Å². The Balaban J connectivity index is 2.65. The number of carbonyl (C=O) groups is 1. The van der Waals surface area contributed by atoms with E-state index in [-0.39, 0.29) is 17.5 Å². The first-order valence-electron chi connectivity index (χ1n) is 5.71. The fraction of sp³-hybridized carbons (Fsp3) is 0.417. The Bertz CT molecular complexity index is 509. The van der Waals surface area contributed by atoms with Gasteiger partial charge in [0.1, 0.15) is 0 Å². The summed E-state index contributed by atoms with van der Waals surface area (Å²) in [5.41, 5.74) is 6.32. The van der Waals surface area contributed by atoms with Crippen molar-refractivity contribution in [3.63, 3.8) is 0 Å². The van der Waals surface area contributed by atoms with Crippen LogP contribution in [0, 0.1) is 0 Å². The minimum atomic E-state index is -3.00. The second kappa shape index (κ2) is 5.86. The molecule has 0 bridgehead atoms. The number of sulfone groups is 1. The molecule has 0 heterocycles. The molecule has 0 spiro atoms. The van der Waals surface area contributed by atoms with Crippen LogP contribution >= 0.6 is 0 Å². The monoisotopic (exact) mass is 270 g/mol. The van der Waals surface area contributed by atoms with Crippen molar-refractivity contribution in [3.8, 4) is 0 Å². The summed E-state index contributed by atoms with van der Waals surface area (Å²) >= 11 is 0. The molecule has 0 aliphatic carbocycles. The average Bonchev–Trinajstić information content (AvgIpc) is 2.29. The summed E-state index contributed by atoms with van der Waals surface area (Å²) in [5, 5.41) is 3.07. The molecule has 1 rings (SSSR count). The zero-order valence-corrected chi connectivity index (χ0v) is 11.3. The summed E-state index contributed by atoms with van der Waals surface area (Å²) in [6.07, 6.45) is 0. The van der Waals surface area contributed by atoms with E-state index in [9.17, 15) is 13.2 Å². The SMILES string of the molecule is CCS(=O)(=O)CC(C)Nc1ccc(C(N)=O)cc1. The first-order valence-corrected chi connectivity index (χ1v) is 7.53. The Morgan fingerprint density at radius 1 is 1.33 bits per heavy atom. The van der Waals surface area contributed by atoms with Crippen molar-refractivity contribution in [1.82, 2.24) is 0 Å². The largest absolute Gasteiger partial charge is 0.382 e. The Labute approximate surface area is 107 Å². The Kier molecular flexibility index (Phi) is 4.72. The highest BCUT2D eigenvalue weighted by molar-refractivity contribution is 7.91. The molecular formula is C12H18N2O3S. The number of primary amides is 1. The van der Waals surface area contributed by atoms with E-state index in [4.69, 9.17) is 5.73 Å². The molecule has 0 saturated heterocycles. The van der Waals surface area contributed by atoms with Crippen molar-refractivity contribution in [1.29, 1.82) is 0 Å². The summed E-state index contributed by atoms with van der Waals surface area (Å²) in [6, 6.07) is 6.43. The van der Waals surface area contributed by atoms with Crippen LogP contribution in [0.25, 0.3) is 0 Å². The Morgan fingerprint density at radius 3 is 2.33 bits per heavy atom. The highest BCUT2D eigenvalue weighted by Crippen LogP contribution is 2.11. The number of anilines is 1. The van der Waals surface area contributed by atoms with Crippen LogP contribution in [0.5, 0.6) is 0 Å². The third kappa shape index (κ3) is 4.37. The highest BCUT2D eigenvalue weighted by atomic mass is 32.2. The van der Waals surface area contributed by atoms with E-state index < -0.39 is 15.7 Å². The van der Waals surface area contributed by atoms with Gasteiger partial charge < -0.3 is 11.1 Å². The maximum absolute atomic E-state index is 11.4. The molecule has 1 unspecified atom stereocenters. The molecule has 0 saturated carbocycles. The van der Waals surface area contributed by atoms with E-state index in [1.54, 1.807) is 38.1 Å². The van der Waals surface area contributed by atoms with Crippen LogP contribution in [0.15, 0.2) is 24.3 Å². The Morgan fingerprint density at radius 2 is 1.89 bits per heavy atom. The lowest BCUT2D eigenvalue weighted by Crippen LogP contribution is -2.26. The third-order valence-electron chi connectivity index (χ3n) is 2.53. The first-order chi connectivity index (χ1) is 8.34. The molecule has 0 aliphatic rings. The van der Waals surface area contributed by atoms with Crippen molar-refractivity contribution in [2.45, 2.75) is 19.9 Å². The summed E-state index contributed by atoms with van der Waals surface area (Å²) in [5.74, 6) is -0.260. The lowest BCUT2D eigenvalue weighted by molar-refractivity contribution is 0.100. The number of hydrogen-bond acceptors (Lipinski definition) is 4. The lowest BCUT2D eigenvalue weighted by Gasteiger charge is -2.15. The van der Waals surface area contributed by atoms with Gasteiger partial charge in [-0.25, -0.2) is 8.42 Å². The molecule has 0 aromatic heterocycles. The minimum absolute atomic E-state index is 0.0844. The van der Waals surface area contributed by atoms with E-state index >= 15 is 0 Å². The van der Waals surface area contributed by atoms with Crippen LogP contribution in [0.1, 0.15) is 24.2 Å². The summed E-state index contributed by atoms with van der Waals surface area (Å²) in [6.45, 7) is 3.43. The number of benzene rings is 1. The van der Waals surface area contributed by atoms with Crippen LogP contribution in [-0.2, 0) is 9.84 Å². The molecular weight excluding hydrogens is 252 g/mol. The van der Waals surface area contributed by atoms with E-state index in [1.165, 1.54) is 0 Å². The van der Waals surface area contributed by atoms with Crippen LogP contribution in [0.2, 0.25) is 0 Å². The molecule has 1 aromatic rings. The van der Waals surface area contributed by atoms with Gasteiger partial charge in [-0.15, -0.1) is 0 Å². The number of carbonyl (C=O) groups excluding carboxylic acids is 1. The third-order valence-corrected chi connectivity index (χ3v) is 4.41. The standard InChI is InChI=1S/C12H18N2O3S/c1-3-18(16,17)8-9(2)14-11-6-4-10(5-7-11)12(13)15/h4-7,9,14H,3,8H2,1-2H3,(H2,13,15). The van der Waals surface area contributed by atoms with Gasteiger partial charge in [-0.05, 0) is 31.2 Å². The highest BCUT2D eigenvalue weighted by Gasteiger charge is 2.13. The predicted octanol–water partition coefficient (Wildman–Crippen LogP) is 1.02. The molecule has 0 radical (unpaired) electrons. The lowest BCUT2D eigenvalue weighted by atomic mass is 10.2. The van der Waals surface area contributed by atoms with Crippen LogP contribution in [-0.4, -0.2) is 31.9 Å². The smallest absolute Gasteiger partial charge is 0.248 e. The zero-order valence-electron chi connectivity index (χ0n) is 10.5. The topological polar surface area (TPSA) is 89.3 Å². The first kappa shape index (κ1) is 14.5. The van der Waals surface area contributed by atoms with Gasteiger partial charge in [-0.1, -0.05) is 6.92 Å². The van der Waals surface area contributed by atoms with E-state index in [0.717, 1.165) is 5.69 Å². The van der Waals surface area contributed by atoms with Gasteiger partial charge in [0, 0.05) is 23.0 Å². The molecule has 6 heteroatoms. The van der Waals surface area contributed by atoms with Gasteiger partial charge in [0.25, 0.3) is 0 Å². The zero-order chi connectivity index (χ0) is 13.8. The van der Waals surface area contributed by atoms with Crippen molar-refractivity contribution < 1.29 is 13.2 Å². The van der Waals surface area contributed by atoms with Crippen molar-refractivity contribution in [2.75, 3.05) is 16.8 Å². The summed E-state index contributed by atoms with van der Waals surface area (Å²) in [7, 11) is -3.00. The van der Waals surface area contributed by atoms with Gasteiger partial charge in [0.2, 0.25) is 5.91 Å². The number of nitrogens with one attached hydrogen (secondary N) is 1. The fourth-order valence-corrected chi connectivity index (χ4v) is 2.64. The van der Waals surface area contributed by atoms with Gasteiger partial charge in [-0.2, -0.15) is 0 Å². The molecule has 18 heavy (non-hydrogen) atoms. The second-order valence-corrected chi connectivity index (χ2v) is 6.58. The fourth-order valence-electron chi connectivity index (χ4n) is 1.56. The van der Waals surface area contributed by atoms with Gasteiger partial charge >= 0.3 is 0 Å². The molecule has 3 N–H and O–H groups in total. The van der Waals surface area contributed by atoms with Gasteiger partial charge in [0.05, 0.1) is 5.75 Å². The van der Waals surface area contributed by atoms with Crippen molar-refractivity contribution in [3.05, 3.63) is 29.8 Å². The van der Waals surface area contributed by atoms with Crippen molar-refractivity contribution in [2.24, 2.45) is 5.73 Å². The van der Waals surface area contributed by atoms with Gasteiger partial charge in [0.15, 0.2) is 9.84 Å². The summed E-state index contributed by atoms with van der Waals surface area (Å²) in [4.78, 5) is 10.9. The average molecular weight is 270 g/mol. The van der Waals surface area contributed by atoms with E-state index in [1.807, 2.05) is 0 Å². The predicted molar refractivity (Wildman–Crippen MR) is 72.4 cm³/mol.